The Bertz CT molecular complexity index is 612. The monoisotopic (exact) mass is 270 g/mol. The highest BCUT2D eigenvalue weighted by Gasteiger charge is 2.16. The summed E-state index contributed by atoms with van der Waals surface area (Å²) >= 11 is 0. The van der Waals surface area contributed by atoms with Crippen LogP contribution >= 0.6 is 0 Å². The van der Waals surface area contributed by atoms with E-state index in [1.54, 1.807) is 42.7 Å². The molecule has 0 saturated heterocycles. The van der Waals surface area contributed by atoms with E-state index in [4.69, 9.17) is 0 Å². The summed E-state index contributed by atoms with van der Waals surface area (Å²) < 4.78 is 4.66. The van der Waals surface area contributed by atoms with E-state index in [-0.39, 0.29) is 11.5 Å². The van der Waals surface area contributed by atoms with Gasteiger partial charge >= 0.3 is 5.97 Å². The maximum Gasteiger partial charge on any atom is 0.338 e. The molecule has 0 unspecified atom stereocenters. The van der Waals surface area contributed by atoms with Crippen LogP contribution in [0.4, 0.5) is 0 Å². The lowest BCUT2D eigenvalue weighted by Gasteiger charge is -2.08. The van der Waals surface area contributed by atoms with Gasteiger partial charge < -0.3 is 10.1 Å². The number of ether oxygens (including phenoxy) is 1. The largest absolute Gasteiger partial charge is 0.465 e. The first kappa shape index (κ1) is 13.7. The standard InChI is InChI=1S/C15H14N2O3/c1-20-15(19)13-7-3-2-6-12(13)14(18)17-10-11-5-4-8-16-9-11/h2-9H,10H2,1H3,(H,17,18). The van der Waals surface area contributed by atoms with Gasteiger partial charge in [0.05, 0.1) is 18.2 Å². The molecule has 2 rings (SSSR count). The summed E-state index contributed by atoms with van der Waals surface area (Å²) in [5.74, 6) is -0.855. The molecule has 2 aromatic rings. The molecule has 0 fully saturated rings. The Hall–Kier alpha value is -2.69. The Kier molecular flexibility index (Phi) is 4.44. The van der Waals surface area contributed by atoms with Gasteiger partial charge in [-0.15, -0.1) is 0 Å². The van der Waals surface area contributed by atoms with Crippen LogP contribution in [-0.4, -0.2) is 24.0 Å². The summed E-state index contributed by atoms with van der Waals surface area (Å²) in [5, 5.41) is 2.75. The van der Waals surface area contributed by atoms with Crippen molar-refractivity contribution in [3.05, 3.63) is 65.5 Å². The number of carbonyl (C=O) groups excluding carboxylic acids is 2. The van der Waals surface area contributed by atoms with E-state index in [2.05, 4.69) is 15.0 Å². The van der Waals surface area contributed by atoms with Crippen molar-refractivity contribution in [2.45, 2.75) is 6.54 Å². The second kappa shape index (κ2) is 6.47. The van der Waals surface area contributed by atoms with E-state index in [9.17, 15) is 9.59 Å². The highest BCUT2D eigenvalue weighted by atomic mass is 16.5. The highest BCUT2D eigenvalue weighted by Crippen LogP contribution is 2.10. The van der Waals surface area contributed by atoms with Crippen LogP contribution in [0.25, 0.3) is 0 Å². The number of esters is 1. The van der Waals surface area contributed by atoms with Crippen LogP contribution in [0.5, 0.6) is 0 Å². The molecular weight excluding hydrogens is 256 g/mol. The summed E-state index contributed by atoms with van der Waals surface area (Å²) in [6.45, 7) is 0.349. The van der Waals surface area contributed by atoms with Crippen LogP contribution in [-0.2, 0) is 11.3 Å². The van der Waals surface area contributed by atoms with Crippen LogP contribution in [0.15, 0.2) is 48.8 Å². The van der Waals surface area contributed by atoms with Crippen LogP contribution < -0.4 is 5.32 Å². The van der Waals surface area contributed by atoms with Gasteiger partial charge in [-0.3, -0.25) is 9.78 Å². The summed E-state index contributed by atoms with van der Waals surface area (Å²) in [5.41, 5.74) is 1.43. The quantitative estimate of drug-likeness (QED) is 0.860. The minimum absolute atomic E-state index is 0.249. The van der Waals surface area contributed by atoms with Gasteiger partial charge in [0.15, 0.2) is 0 Å². The maximum atomic E-state index is 12.1. The number of nitrogens with one attached hydrogen (secondary N) is 1. The molecule has 0 aliphatic rings. The summed E-state index contributed by atoms with van der Waals surface area (Å²) in [6.07, 6.45) is 3.34. The Morgan fingerprint density at radius 1 is 1.15 bits per heavy atom. The maximum absolute atomic E-state index is 12.1. The average Bonchev–Trinajstić information content (AvgIpc) is 2.52. The zero-order valence-electron chi connectivity index (χ0n) is 11.0. The van der Waals surface area contributed by atoms with E-state index in [0.717, 1.165) is 5.56 Å². The van der Waals surface area contributed by atoms with Crippen molar-refractivity contribution in [3.63, 3.8) is 0 Å². The molecule has 0 spiro atoms. The van der Waals surface area contributed by atoms with Crippen molar-refractivity contribution in [1.82, 2.24) is 10.3 Å². The molecular formula is C15H14N2O3. The molecule has 0 bridgehead atoms. The molecule has 0 aliphatic carbocycles. The summed E-state index contributed by atoms with van der Waals surface area (Å²) in [7, 11) is 1.28. The molecule has 0 atom stereocenters. The fourth-order valence-electron chi connectivity index (χ4n) is 1.75. The fraction of sp³-hybridized carbons (Fsp3) is 0.133. The Morgan fingerprint density at radius 2 is 1.90 bits per heavy atom. The number of hydrogen-bond acceptors (Lipinski definition) is 4. The lowest BCUT2D eigenvalue weighted by Crippen LogP contribution is -2.25. The third-order valence-corrected chi connectivity index (χ3v) is 2.75. The van der Waals surface area contributed by atoms with Gasteiger partial charge in [0.2, 0.25) is 0 Å². The third kappa shape index (κ3) is 3.20. The number of nitrogens with zero attached hydrogens (tertiary/aromatic N) is 1. The first-order valence-electron chi connectivity index (χ1n) is 6.07. The van der Waals surface area contributed by atoms with Crippen molar-refractivity contribution in [2.75, 3.05) is 7.11 Å². The molecule has 0 saturated carbocycles. The number of methoxy groups -OCH3 is 1. The molecule has 20 heavy (non-hydrogen) atoms. The van der Waals surface area contributed by atoms with Crippen molar-refractivity contribution in [3.8, 4) is 0 Å². The molecule has 1 aromatic heterocycles. The predicted molar refractivity (Wildman–Crippen MR) is 73.2 cm³/mol. The number of amides is 1. The van der Waals surface area contributed by atoms with E-state index in [0.29, 0.717) is 12.1 Å². The van der Waals surface area contributed by atoms with E-state index >= 15 is 0 Å². The van der Waals surface area contributed by atoms with Crippen molar-refractivity contribution in [1.29, 1.82) is 0 Å². The van der Waals surface area contributed by atoms with Crippen LogP contribution in [0.1, 0.15) is 26.3 Å². The van der Waals surface area contributed by atoms with E-state index in [1.807, 2.05) is 6.07 Å². The molecule has 1 N–H and O–H groups in total. The molecule has 0 radical (unpaired) electrons. The second-order valence-corrected chi connectivity index (χ2v) is 4.08. The molecule has 0 aliphatic heterocycles. The lowest BCUT2D eigenvalue weighted by molar-refractivity contribution is 0.0596. The highest BCUT2D eigenvalue weighted by molar-refractivity contribution is 6.05. The van der Waals surface area contributed by atoms with Crippen LogP contribution in [0.3, 0.4) is 0 Å². The Labute approximate surface area is 116 Å². The second-order valence-electron chi connectivity index (χ2n) is 4.08. The lowest BCUT2D eigenvalue weighted by atomic mass is 10.1. The van der Waals surface area contributed by atoms with Gasteiger partial charge in [0.1, 0.15) is 0 Å². The van der Waals surface area contributed by atoms with E-state index < -0.39 is 5.97 Å². The topological polar surface area (TPSA) is 68.3 Å². The molecule has 5 nitrogen and oxygen atoms in total. The smallest absolute Gasteiger partial charge is 0.338 e. The number of carbonyl (C=O) groups is 2. The number of aromatic nitrogens is 1. The van der Waals surface area contributed by atoms with Crippen LogP contribution in [0, 0.1) is 0 Å². The zero-order valence-corrected chi connectivity index (χ0v) is 11.0. The number of rotatable bonds is 4. The van der Waals surface area contributed by atoms with Gasteiger partial charge in [-0.25, -0.2) is 4.79 Å². The molecule has 102 valence electrons. The first-order chi connectivity index (χ1) is 9.72. The SMILES string of the molecule is COC(=O)c1ccccc1C(=O)NCc1cccnc1. The molecule has 5 heteroatoms. The number of pyridine rings is 1. The van der Waals surface area contributed by atoms with Gasteiger partial charge in [-0.05, 0) is 23.8 Å². The summed E-state index contributed by atoms with van der Waals surface area (Å²) in [6, 6.07) is 10.2. The first-order valence-corrected chi connectivity index (χ1v) is 6.07. The van der Waals surface area contributed by atoms with E-state index in [1.165, 1.54) is 7.11 Å². The van der Waals surface area contributed by atoms with Crippen molar-refractivity contribution in [2.24, 2.45) is 0 Å². The Morgan fingerprint density at radius 3 is 2.55 bits per heavy atom. The zero-order chi connectivity index (χ0) is 14.4. The van der Waals surface area contributed by atoms with Crippen LogP contribution in [0.2, 0.25) is 0 Å². The van der Waals surface area contributed by atoms with Gasteiger partial charge in [0, 0.05) is 18.9 Å². The molecule has 1 heterocycles. The van der Waals surface area contributed by atoms with Crippen molar-refractivity contribution >= 4 is 11.9 Å². The minimum atomic E-state index is -0.530. The number of benzene rings is 1. The molecule has 1 amide bonds. The van der Waals surface area contributed by atoms with Crippen molar-refractivity contribution < 1.29 is 14.3 Å². The number of hydrogen-bond donors (Lipinski definition) is 1. The minimum Gasteiger partial charge on any atom is -0.465 e. The third-order valence-electron chi connectivity index (χ3n) is 2.75. The Balaban J connectivity index is 2.12. The predicted octanol–water partition coefficient (Wildman–Crippen LogP) is 1.80. The normalized spacial score (nSPS) is 9.85. The summed E-state index contributed by atoms with van der Waals surface area (Å²) in [4.78, 5) is 27.7. The average molecular weight is 270 g/mol. The van der Waals surface area contributed by atoms with Gasteiger partial charge in [-0.1, -0.05) is 18.2 Å². The molecule has 1 aromatic carbocycles. The van der Waals surface area contributed by atoms with Gasteiger partial charge in [-0.2, -0.15) is 0 Å². The van der Waals surface area contributed by atoms with Gasteiger partial charge in [0.25, 0.3) is 5.91 Å². The fourth-order valence-corrected chi connectivity index (χ4v) is 1.75.